The van der Waals surface area contributed by atoms with E-state index in [4.69, 9.17) is 4.74 Å². The Morgan fingerprint density at radius 3 is 2.76 bits per heavy atom. The number of nitrogens with one attached hydrogen (secondary N) is 1. The molecule has 1 amide bonds. The fraction of sp³-hybridized carbons (Fsp3) is 0.409. The van der Waals surface area contributed by atoms with E-state index in [1.165, 1.54) is 4.88 Å². The van der Waals surface area contributed by atoms with Crippen LogP contribution in [0.3, 0.4) is 0 Å². The molecule has 0 aliphatic carbocycles. The van der Waals surface area contributed by atoms with E-state index >= 15 is 0 Å². The predicted octanol–water partition coefficient (Wildman–Crippen LogP) is 3.85. The molecule has 1 aromatic carbocycles. The van der Waals surface area contributed by atoms with Crippen LogP contribution in [0.2, 0.25) is 0 Å². The highest BCUT2D eigenvalue weighted by atomic mass is 32.1. The molecule has 3 heterocycles. The first-order chi connectivity index (χ1) is 14.0. The molecule has 0 spiro atoms. The zero-order chi connectivity index (χ0) is 20.4. The lowest BCUT2D eigenvalue weighted by Gasteiger charge is -2.33. The molecule has 6 nitrogen and oxygen atoms in total. The third-order valence-corrected chi connectivity index (χ3v) is 6.69. The second kappa shape index (κ2) is 8.37. The number of carbonyl (C=O) groups excluding carboxylic acids is 1. The van der Waals surface area contributed by atoms with Crippen molar-refractivity contribution in [1.82, 2.24) is 15.3 Å². The number of piperidine rings is 1. The fourth-order valence-corrected chi connectivity index (χ4v) is 4.69. The first-order valence-corrected chi connectivity index (χ1v) is 10.7. The highest BCUT2D eigenvalue weighted by Gasteiger charge is 2.26. The van der Waals surface area contributed by atoms with Crippen LogP contribution in [0.15, 0.2) is 30.5 Å². The summed E-state index contributed by atoms with van der Waals surface area (Å²) in [5, 5.41) is 5.13. The lowest BCUT2D eigenvalue weighted by Crippen LogP contribution is -2.40. The Balaban J connectivity index is 1.39. The third-order valence-electron chi connectivity index (χ3n) is 5.62. The van der Waals surface area contributed by atoms with E-state index in [0.29, 0.717) is 6.54 Å². The molecule has 1 saturated heterocycles. The number of benzene rings is 1. The van der Waals surface area contributed by atoms with Crippen molar-refractivity contribution >= 4 is 33.8 Å². The Labute approximate surface area is 174 Å². The Bertz CT molecular complexity index is 1010. The number of aromatic nitrogens is 2. The van der Waals surface area contributed by atoms with E-state index in [-0.39, 0.29) is 11.8 Å². The molecule has 152 valence electrons. The number of hydrogen-bond acceptors (Lipinski definition) is 6. The van der Waals surface area contributed by atoms with Crippen LogP contribution in [-0.4, -0.2) is 36.1 Å². The van der Waals surface area contributed by atoms with Crippen LogP contribution in [0.25, 0.3) is 10.9 Å². The van der Waals surface area contributed by atoms with Gasteiger partial charge in [-0.3, -0.25) is 9.78 Å². The molecule has 3 aromatic rings. The van der Waals surface area contributed by atoms with Crippen molar-refractivity contribution in [3.05, 3.63) is 46.0 Å². The summed E-state index contributed by atoms with van der Waals surface area (Å²) in [6.07, 6.45) is 3.53. The van der Waals surface area contributed by atoms with Gasteiger partial charge < -0.3 is 15.0 Å². The van der Waals surface area contributed by atoms with Crippen molar-refractivity contribution in [2.75, 3.05) is 25.1 Å². The average molecular weight is 411 g/mol. The Hall–Kier alpha value is -2.67. The van der Waals surface area contributed by atoms with Crippen LogP contribution in [0.4, 0.5) is 5.69 Å². The van der Waals surface area contributed by atoms with Gasteiger partial charge in [-0.25, -0.2) is 4.98 Å². The third kappa shape index (κ3) is 4.19. The maximum absolute atomic E-state index is 12.6. The van der Waals surface area contributed by atoms with Gasteiger partial charge in [-0.05, 0) is 51.0 Å². The highest BCUT2D eigenvalue weighted by Crippen LogP contribution is 2.31. The van der Waals surface area contributed by atoms with E-state index < -0.39 is 0 Å². The van der Waals surface area contributed by atoms with Crippen molar-refractivity contribution < 1.29 is 9.53 Å². The fourth-order valence-electron chi connectivity index (χ4n) is 3.82. The van der Waals surface area contributed by atoms with E-state index in [1.807, 2.05) is 31.3 Å². The van der Waals surface area contributed by atoms with Crippen molar-refractivity contribution in [3.8, 4) is 5.75 Å². The van der Waals surface area contributed by atoms with Crippen LogP contribution in [0.5, 0.6) is 5.75 Å². The van der Waals surface area contributed by atoms with Gasteiger partial charge in [0.25, 0.3) is 0 Å². The molecule has 0 saturated carbocycles. The lowest BCUT2D eigenvalue weighted by molar-refractivity contribution is -0.125. The standard InChI is InChI=1S/C22H26N4O2S/c1-14-15(2)29-21(25-14)13-24-22(27)16-7-10-26(11-8-16)20-6-9-23-19-5-4-17(28-3)12-18(19)20/h4-6,9,12,16H,7-8,10-11,13H2,1-3H3,(H,24,27). The second-order valence-corrected chi connectivity index (χ2v) is 8.73. The molecule has 1 N–H and O–H groups in total. The molecule has 2 aromatic heterocycles. The number of pyridine rings is 1. The van der Waals surface area contributed by atoms with Gasteiger partial charge >= 0.3 is 0 Å². The summed E-state index contributed by atoms with van der Waals surface area (Å²) < 4.78 is 5.38. The summed E-state index contributed by atoms with van der Waals surface area (Å²) in [6.45, 7) is 6.29. The van der Waals surface area contributed by atoms with Gasteiger partial charge in [0.1, 0.15) is 10.8 Å². The minimum absolute atomic E-state index is 0.0519. The van der Waals surface area contributed by atoms with Gasteiger partial charge in [0.2, 0.25) is 5.91 Å². The van der Waals surface area contributed by atoms with E-state index in [9.17, 15) is 4.79 Å². The minimum atomic E-state index is 0.0519. The van der Waals surface area contributed by atoms with Crippen LogP contribution < -0.4 is 15.0 Å². The number of ether oxygens (including phenoxy) is 1. The molecular weight excluding hydrogens is 384 g/mol. The number of nitrogens with zero attached hydrogens (tertiary/aromatic N) is 3. The molecule has 1 fully saturated rings. The first-order valence-electron chi connectivity index (χ1n) is 9.93. The molecule has 1 aliphatic rings. The molecule has 29 heavy (non-hydrogen) atoms. The lowest BCUT2D eigenvalue weighted by atomic mass is 9.95. The second-order valence-electron chi connectivity index (χ2n) is 7.44. The first kappa shape index (κ1) is 19.6. The maximum atomic E-state index is 12.6. The summed E-state index contributed by atoms with van der Waals surface area (Å²) in [4.78, 5) is 25.1. The van der Waals surface area contributed by atoms with E-state index in [0.717, 1.165) is 59.0 Å². The summed E-state index contributed by atoms with van der Waals surface area (Å²) in [5.41, 5.74) is 3.16. The maximum Gasteiger partial charge on any atom is 0.223 e. The molecule has 7 heteroatoms. The smallest absolute Gasteiger partial charge is 0.223 e. The summed E-state index contributed by atoms with van der Waals surface area (Å²) in [6, 6.07) is 8.00. The van der Waals surface area contributed by atoms with Crippen LogP contribution in [-0.2, 0) is 11.3 Å². The van der Waals surface area contributed by atoms with Gasteiger partial charge in [-0.1, -0.05) is 0 Å². The van der Waals surface area contributed by atoms with Crippen molar-refractivity contribution in [2.24, 2.45) is 5.92 Å². The van der Waals surface area contributed by atoms with Crippen molar-refractivity contribution in [1.29, 1.82) is 0 Å². The summed E-state index contributed by atoms with van der Waals surface area (Å²) in [5.74, 6) is 1.01. The van der Waals surface area contributed by atoms with E-state index in [1.54, 1.807) is 18.4 Å². The zero-order valence-electron chi connectivity index (χ0n) is 17.1. The number of carbonyl (C=O) groups is 1. The predicted molar refractivity (Wildman–Crippen MR) is 117 cm³/mol. The number of rotatable bonds is 5. The number of aryl methyl sites for hydroxylation is 2. The molecule has 0 unspecified atom stereocenters. The van der Waals surface area contributed by atoms with Crippen LogP contribution >= 0.6 is 11.3 Å². The number of thiazole rings is 1. The number of amides is 1. The van der Waals surface area contributed by atoms with Gasteiger partial charge in [0.05, 0.1) is 24.9 Å². The molecule has 0 atom stereocenters. The SMILES string of the molecule is COc1ccc2nccc(N3CCC(C(=O)NCc4nc(C)c(C)s4)CC3)c2c1. The Morgan fingerprint density at radius 2 is 2.07 bits per heavy atom. The van der Waals surface area contributed by atoms with Crippen LogP contribution in [0.1, 0.15) is 28.4 Å². The zero-order valence-corrected chi connectivity index (χ0v) is 17.9. The monoisotopic (exact) mass is 410 g/mol. The number of fused-ring (bicyclic) bond motifs is 1. The Morgan fingerprint density at radius 1 is 1.28 bits per heavy atom. The minimum Gasteiger partial charge on any atom is -0.497 e. The topological polar surface area (TPSA) is 67.3 Å². The highest BCUT2D eigenvalue weighted by molar-refractivity contribution is 7.11. The largest absolute Gasteiger partial charge is 0.497 e. The van der Waals surface area contributed by atoms with Crippen molar-refractivity contribution in [3.63, 3.8) is 0 Å². The van der Waals surface area contributed by atoms with Crippen molar-refractivity contribution in [2.45, 2.75) is 33.2 Å². The van der Waals surface area contributed by atoms with Crippen LogP contribution in [0, 0.1) is 19.8 Å². The quantitative estimate of drug-likeness (QED) is 0.692. The molecule has 0 bridgehead atoms. The molecular formula is C22H26N4O2S. The molecule has 4 rings (SSSR count). The van der Waals surface area contributed by atoms with Gasteiger partial charge in [-0.15, -0.1) is 11.3 Å². The average Bonchev–Trinajstić information content (AvgIpc) is 3.08. The summed E-state index contributed by atoms with van der Waals surface area (Å²) in [7, 11) is 1.68. The number of anilines is 1. The molecule has 1 aliphatic heterocycles. The number of hydrogen-bond donors (Lipinski definition) is 1. The number of methoxy groups -OCH3 is 1. The van der Waals surface area contributed by atoms with Gasteiger partial charge in [0.15, 0.2) is 0 Å². The molecule has 0 radical (unpaired) electrons. The van der Waals surface area contributed by atoms with E-state index in [2.05, 4.69) is 33.2 Å². The van der Waals surface area contributed by atoms with Gasteiger partial charge in [-0.2, -0.15) is 0 Å². The Kier molecular flexibility index (Phi) is 5.67. The normalized spacial score (nSPS) is 14.9. The van der Waals surface area contributed by atoms with Gasteiger partial charge in [0, 0.05) is 41.2 Å². The summed E-state index contributed by atoms with van der Waals surface area (Å²) >= 11 is 1.65.